The van der Waals surface area contributed by atoms with Crippen molar-refractivity contribution in [2.45, 2.75) is 58.9 Å². The Morgan fingerprint density at radius 1 is 1.35 bits per heavy atom. The minimum atomic E-state index is -0.599. The lowest BCUT2D eigenvalue weighted by Gasteiger charge is -2.53. The quantitative estimate of drug-likeness (QED) is 0.843. The number of nitrogens with zero attached hydrogens (tertiary/aromatic N) is 2. The van der Waals surface area contributed by atoms with Gasteiger partial charge >= 0.3 is 0 Å². The second-order valence-corrected chi connectivity index (χ2v) is 8.57. The van der Waals surface area contributed by atoms with Crippen molar-refractivity contribution in [3.63, 3.8) is 0 Å². The van der Waals surface area contributed by atoms with Gasteiger partial charge in [-0.2, -0.15) is 5.10 Å². The lowest BCUT2D eigenvalue weighted by Crippen LogP contribution is -2.60. The summed E-state index contributed by atoms with van der Waals surface area (Å²) in [5.74, 6) is -0.197. The smallest absolute Gasteiger partial charge is 0.274 e. The number of hydrogen-bond acceptors (Lipinski definition) is 3. The van der Waals surface area contributed by atoms with E-state index >= 15 is 0 Å². The number of likely N-dealkylation sites (tertiary alicyclic amines) is 1. The number of H-pyrrole nitrogens is 1. The second-order valence-electron chi connectivity index (χ2n) is 8.57. The fourth-order valence-electron chi connectivity index (χ4n) is 4.33. The molecule has 1 aromatic rings. The zero-order valence-corrected chi connectivity index (χ0v) is 15.8. The van der Waals surface area contributed by atoms with Crippen LogP contribution in [0.1, 0.15) is 63.4 Å². The van der Waals surface area contributed by atoms with Gasteiger partial charge in [0.15, 0.2) is 11.5 Å². The molecule has 7 heteroatoms. The number of hydrogen-bond donors (Lipinski definition) is 2. The van der Waals surface area contributed by atoms with Crippen LogP contribution in [-0.2, 0) is 4.79 Å². The average molecular weight is 364 g/mol. The summed E-state index contributed by atoms with van der Waals surface area (Å²) >= 11 is 0. The highest BCUT2D eigenvalue weighted by molar-refractivity contribution is 5.93. The molecular formula is C19H29FN4O2. The minimum Gasteiger partial charge on any atom is -0.353 e. The summed E-state index contributed by atoms with van der Waals surface area (Å²) < 4.78 is 13.5. The van der Waals surface area contributed by atoms with Crippen molar-refractivity contribution in [1.82, 2.24) is 20.4 Å². The fraction of sp³-hybridized carbons (Fsp3) is 0.737. The Morgan fingerprint density at radius 3 is 2.54 bits per heavy atom. The highest BCUT2D eigenvalue weighted by Crippen LogP contribution is 2.44. The molecule has 2 amide bonds. The highest BCUT2D eigenvalue weighted by atomic mass is 19.1. The Bertz CT molecular complexity index is 656. The molecule has 1 unspecified atom stereocenters. The second kappa shape index (κ2) is 7.37. The largest absolute Gasteiger partial charge is 0.353 e. The first-order valence-electron chi connectivity index (χ1n) is 9.58. The number of carbonyl (C=O) groups is 2. The van der Waals surface area contributed by atoms with Gasteiger partial charge in [0, 0.05) is 30.5 Å². The van der Waals surface area contributed by atoms with Crippen molar-refractivity contribution in [3.8, 4) is 0 Å². The van der Waals surface area contributed by atoms with Crippen LogP contribution in [0.15, 0.2) is 6.20 Å². The van der Waals surface area contributed by atoms with Gasteiger partial charge in [-0.15, -0.1) is 0 Å². The molecular weight excluding hydrogens is 335 g/mol. The van der Waals surface area contributed by atoms with Crippen LogP contribution < -0.4 is 5.32 Å². The molecule has 1 aliphatic heterocycles. The predicted molar refractivity (Wildman–Crippen MR) is 95.9 cm³/mol. The molecule has 1 saturated carbocycles. The molecule has 26 heavy (non-hydrogen) atoms. The van der Waals surface area contributed by atoms with E-state index in [2.05, 4.69) is 29.4 Å². The molecule has 1 aliphatic carbocycles. The SMILES string of the molecule is CC(C)CC(C)C(=O)NC1CCC2(CC1)CN(C(=O)c1[nH]ncc1F)C2. The van der Waals surface area contributed by atoms with Crippen LogP contribution in [0.3, 0.4) is 0 Å². The number of aromatic nitrogens is 2. The van der Waals surface area contributed by atoms with Crippen molar-refractivity contribution < 1.29 is 14.0 Å². The maximum absolute atomic E-state index is 13.5. The summed E-state index contributed by atoms with van der Waals surface area (Å²) in [4.78, 5) is 26.2. The van der Waals surface area contributed by atoms with E-state index in [1.807, 2.05) is 6.92 Å². The number of nitrogens with one attached hydrogen (secondary N) is 2. The number of halogens is 1. The molecule has 144 valence electrons. The molecule has 0 radical (unpaired) electrons. The van der Waals surface area contributed by atoms with E-state index in [1.165, 1.54) is 0 Å². The van der Waals surface area contributed by atoms with Crippen LogP contribution in [0.25, 0.3) is 0 Å². The van der Waals surface area contributed by atoms with Gasteiger partial charge in [0.2, 0.25) is 5.91 Å². The lowest BCUT2D eigenvalue weighted by molar-refractivity contribution is -0.126. The molecule has 2 aliphatic rings. The molecule has 6 nitrogen and oxygen atoms in total. The number of carbonyl (C=O) groups excluding carboxylic acids is 2. The Labute approximate surface area is 153 Å². The zero-order chi connectivity index (χ0) is 18.9. The van der Waals surface area contributed by atoms with E-state index < -0.39 is 5.82 Å². The first-order valence-corrected chi connectivity index (χ1v) is 9.58. The number of amides is 2. The monoisotopic (exact) mass is 364 g/mol. The number of rotatable bonds is 5. The van der Waals surface area contributed by atoms with Gasteiger partial charge in [-0.1, -0.05) is 20.8 Å². The van der Waals surface area contributed by atoms with Crippen molar-refractivity contribution in [3.05, 3.63) is 17.7 Å². The van der Waals surface area contributed by atoms with Gasteiger partial charge in [0.05, 0.1) is 6.20 Å². The molecule has 2 heterocycles. The Hall–Kier alpha value is -1.92. The van der Waals surface area contributed by atoms with Crippen LogP contribution >= 0.6 is 0 Å². The van der Waals surface area contributed by atoms with Crippen molar-refractivity contribution in [1.29, 1.82) is 0 Å². The normalized spacial score (nSPS) is 20.9. The van der Waals surface area contributed by atoms with Crippen molar-refractivity contribution in [2.24, 2.45) is 17.3 Å². The van der Waals surface area contributed by atoms with Crippen LogP contribution in [-0.4, -0.2) is 46.0 Å². The maximum atomic E-state index is 13.5. The van der Waals surface area contributed by atoms with Crippen molar-refractivity contribution in [2.75, 3.05) is 13.1 Å². The summed E-state index contributed by atoms with van der Waals surface area (Å²) in [5.41, 5.74) is 0.0802. The molecule has 2 N–H and O–H groups in total. The van der Waals surface area contributed by atoms with Gasteiger partial charge < -0.3 is 10.2 Å². The van der Waals surface area contributed by atoms with E-state index in [1.54, 1.807) is 4.90 Å². The Kier molecular flexibility index (Phi) is 5.34. The molecule has 3 rings (SSSR count). The van der Waals surface area contributed by atoms with E-state index in [0.717, 1.165) is 38.3 Å². The van der Waals surface area contributed by atoms with Gasteiger partial charge in [-0.3, -0.25) is 14.7 Å². The summed E-state index contributed by atoms with van der Waals surface area (Å²) in [6, 6.07) is 0.234. The van der Waals surface area contributed by atoms with Gasteiger partial charge in [0.25, 0.3) is 5.91 Å². The van der Waals surface area contributed by atoms with Crippen LogP contribution in [0.5, 0.6) is 0 Å². The van der Waals surface area contributed by atoms with E-state index in [-0.39, 0.29) is 34.9 Å². The van der Waals surface area contributed by atoms with Crippen LogP contribution in [0, 0.1) is 23.1 Å². The fourth-order valence-corrected chi connectivity index (χ4v) is 4.33. The zero-order valence-electron chi connectivity index (χ0n) is 15.8. The molecule has 1 saturated heterocycles. The summed E-state index contributed by atoms with van der Waals surface area (Å²) in [5, 5.41) is 9.20. The first kappa shape index (κ1) is 18.9. The highest BCUT2D eigenvalue weighted by Gasteiger charge is 2.47. The maximum Gasteiger partial charge on any atom is 0.274 e. The van der Waals surface area contributed by atoms with Crippen LogP contribution in [0.2, 0.25) is 0 Å². The Balaban J connectivity index is 1.44. The van der Waals surface area contributed by atoms with Crippen LogP contribution in [0.4, 0.5) is 4.39 Å². The molecule has 2 fully saturated rings. The summed E-state index contributed by atoms with van der Waals surface area (Å²) in [6.45, 7) is 7.58. The molecule has 0 aromatic carbocycles. The molecule has 1 aromatic heterocycles. The van der Waals surface area contributed by atoms with Crippen molar-refractivity contribution >= 4 is 11.8 Å². The summed E-state index contributed by atoms with van der Waals surface area (Å²) in [6.07, 6.45) is 5.80. The third-order valence-corrected chi connectivity index (χ3v) is 5.81. The topological polar surface area (TPSA) is 78.1 Å². The Morgan fingerprint density at radius 2 is 2.00 bits per heavy atom. The van der Waals surface area contributed by atoms with E-state index in [0.29, 0.717) is 19.0 Å². The number of aromatic amines is 1. The minimum absolute atomic E-state index is 0.0482. The lowest BCUT2D eigenvalue weighted by atomic mass is 9.67. The van der Waals surface area contributed by atoms with Gasteiger partial charge in [-0.25, -0.2) is 4.39 Å². The van der Waals surface area contributed by atoms with Gasteiger partial charge in [0.1, 0.15) is 0 Å². The third kappa shape index (κ3) is 3.91. The standard InChI is InChI=1S/C19H29FN4O2/c1-12(2)8-13(3)17(25)22-14-4-6-19(7-5-14)10-24(11-19)18(26)16-15(20)9-21-23-16/h9,12-14H,4-8,10-11H2,1-3H3,(H,21,23)(H,22,25). The average Bonchev–Trinajstić information content (AvgIpc) is 2.98. The first-order chi connectivity index (χ1) is 12.3. The van der Waals surface area contributed by atoms with Gasteiger partial charge in [-0.05, 0) is 38.0 Å². The third-order valence-electron chi connectivity index (χ3n) is 5.81. The molecule has 1 atom stereocenters. The van der Waals surface area contributed by atoms with E-state index in [4.69, 9.17) is 0 Å². The van der Waals surface area contributed by atoms with E-state index in [9.17, 15) is 14.0 Å². The predicted octanol–water partition coefficient (Wildman–Crippen LogP) is 2.73. The molecule has 1 spiro atoms. The summed E-state index contributed by atoms with van der Waals surface area (Å²) in [7, 11) is 0. The molecule has 0 bridgehead atoms.